The monoisotopic (exact) mass is 490 g/mol. The number of aryl methyl sites for hydroxylation is 1. The molecule has 5 aromatic rings. The molecule has 34 heavy (non-hydrogen) atoms. The van der Waals surface area contributed by atoms with Gasteiger partial charge in [-0.25, -0.2) is 9.97 Å². The molecule has 7 rings (SSSR count). The molecule has 0 radical (unpaired) electrons. The first-order valence-corrected chi connectivity index (χ1v) is 13.0. The van der Waals surface area contributed by atoms with Crippen molar-refractivity contribution in [2.75, 3.05) is 24.5 Å². The fourth-order valence-electron chi connectivity index (χ4n) is 5.59. The average Bonchev–Trinajstić information content (AvgIpc) is 3.31. The number of rotatable bonds is 5. The van der Waals surface area contributed by atoms with Crippen LogP contribution in [-0.2, 0) is 5.41 Å². The predicted octanol–water partition coefficient (Wildman–Crippen LogP) is 3.76. The van der Waals surface area contributed by atoms with E-state index in [1.807, 2.05) is 37.5 Å². The summed E-state index contributed by atoms with van der Waals surface area (Å²) in [7, 11) is 0. The van der Waals surface area contributed by atoms with Crippen LogP contribution in [-0.4, -0.2) is 49.9 Å². The highest BCUT2D eigenvalue weighted by atomic mass is 32.2. The van der Waals surface area contributed by atoms with E-state index in [2.05, 4.69) is 30.6 Å². The van der Waals surface area contributed by atoms with Crippen molar-refractivity contribution in [1.82, 2.24) is 30.3 Å². The van der Waals surface area contributed by atoms with Crippen molar-refractivity contribution < 1.29 is 4.52 Å². The Morgan fingerprint density at radius 3 is 3.12 bits per heavy atom. The molecule has 1 saturated carbocycles. The van der Waals surface area contributed by atoms with Crippen LogP contribution < -0.4 is 10.6 Å². The lowest BCUT2D eigenvalue weighted by Crippen LogP contribution is -2.32. The Labute approximate surface area is 203 Å². The van der Waals surface area contributed by atoms with Crippen LogP contribution in [0.2, 0.25) is 0 Å². The maximum atomic E-state index is 6.28. The quantitative estimate of drug-likeness (QED) is 0.379. The number of H-pyrrole nitrogens is 1. The Balaban J connectivity index is 1.14. The standard InChI is InChI=1S/C23H22N8OS2/c1-12-8-17(30-32-12)23(11-24)13-3-6-31(10-14(13)23)18-9-26-19-21(27-18)28-29-22(19)34-16-2-5-25-15-4-7-33-20(15)16/h2,4-5,7-9,13-14H,3,6,10-11,24H2,1H3,(H,27,28,29). The molecule has 0 amide bonds. The summed E-state index contributed by atoms with van der Waals surface area (Å²) >= 11 is 3.28. The van der Waals surface area contributed by atoms with Gasteiger partial charge in [0.05, 0.1) is 22.1 Å². The molecule has 0 spiro atoms. The summed E-state index contributed by atoms with van der Waals surface area (Å²) in [6.45, 7) is 4.32. The van der Waals surface area contributed by atoms with E-state index in [0.29, 0.717) is 24.0 Å². The van der Waals surface area contributed by atoms with Gasteiger partial charge in [-0.2, -0.15) is 5.10 Å². The number of anilines is 1. The number of hydrogen-bond acceptors (Lipinski definition) is 10. The van der Waals surface area contributed by atoms with Gasteiger partial charge in [0, 0.05) is 42.2 Å². The normalized spacial score (nSPS) is 24.1. The van der Waals surface area contributed by atoms with Gasteiger partial charge in [-0.3, -0.25) is 10.1 Å². The van der Waals surface area contributed by atoms with Crippen LogP contribution >= 0.6 is 23.1 Å². The maximum Gasteiger partial charge on any atom is 0.177 e. The number of fused-ring (bicyclic) bond motifs is 3. The highest BCUT2D eigenvalue weighted by Crippen LogP contribution is 2.62. The van der Waals surface area contributed by atoms with Gasteiger partial charge in [0.15, 0.2) is 10.7 Å². The summed E-state index contributed by atoms with van der Waals surface area (Å²) in [6, 6.07) is 6.09. The summed E-state index contributed by atoms with van der Waals surface area (Å²) in [4.78, 5) is 17.5. The molecule has 3 N–H and O–H groups in total. The number of aromatic amines is 1. The summed E-state index contributed by atoms with van der Waals surface area (Å²) in [6.07, 6.45) is 4.75. The zero-order chi connectivity index (χ0) is 22.9. The van der Waals surface area contributed by atoms with Crippen molar-refractivity contribution in [3.05, 3.63) is 47.4 Å². The second-order valence-corrected chi connectivity index (χ2v) is 11.0. The molecule has 5 aromatic heterocycles. The van der Waals surface area contributed by atoms with Crippen molar-refractivity contribution >= 4 is 50.3 Å². The molecule has 6 heterocycles. The van der Waals surface area contributed by atoms with E-state index < -0.39 is 0 Å². The summed E-state index contributed by atoms with van der Waals surface area (Å²) < 4.78 is 6.52. The number of nitrogens with zero attached hydrogens (tertiary/aromatic N) is 6. The number of nitrogens with one attached hydrogen (secondary N) is 1. The number of thiophene rings is 1. The van der Waals surface area contributed by atoms with Gasteiger partial charge in [-0.05, 0) is 42.7 Å². The molecular weight excluding hydrogens is 468 g/mol. The van der Waals surface area contributed by atoms with Crippen molar-refractivity contribution in [2.45, 2.75) is 28.7 Å². The Bertz CT molecular complexity index is 1530. The average molecular weight is 491 g/mol. The van der Waals surface area contributed by atoms with Gasteiger partial charge < -0.3 is 15.2 Å². The van der Waals surface area contributed by atoms with Crippen molar-refractivity contribution in [3.63, 3.8) is 0 Å². The van der Waals surface area contributed by atoms with Crippen LogP contribution in [0.5, 0.6) is 0 Å². The highest BCUT2D eigenvalue weighted by molar-refractivity contribution is 7.99. The Hall–Kier alpha value is -3.02. The predicted molar refractivity (Wildman–Crippen MR) is 131 cm³/mol. The lowest BCUT2D eigenvalue weighted by atomic mass is 9.97. The van der Waals surface area contributed by atoms with E-state index >= 15 is 0 Å². The minimum absolute atomic E-state index is 0.0838. The molecule has 3 atom stereocenters. The van der Waals surface area contributed by atoms with Gasteiger partial charge in [0.2, 0.25) is 0 Å². The Morgan fingerprint density at radius 1 is 1.32 bits per heavy atom. The molecule has 0 aromatic carbocycles. The Morgan fingerprint density at radius 2 is 2.26 bits per heavy atom. The van der Waals surface area contributed by atoms with E-state index in [-0.39, 0.29) is 5.41 Å². The molecule has 9 nitrogen and oxygen atoms in total. The number of nitrogens with two attached hydrogens (primary N) is 1. The zero-order valence-electron chi connectivity index (χ0n) is 18.4. The summed E-state index contributed by atoms with van der Waals surface area (Å²) in [5.41, 5.74) is 9.67. The van der Waals surface area contributed by atoms with E-state index in [9.17, 15) is 0 Å². The van der Waals surface area contributed by atoms with Gasteiger partial charge in [0.1, 0.15) is 17.1 Å². The highest BCUT2D eigenvalue weighted by Gasteiger charge is 2.67. The maximum absolute atomic E-state index is 6.28. The fourth-order valence-corrected chi connectivity index (χ4v) is 7.49. The van der Waals surface area contributed by atoms with Crippen LogP contribution in [0.4, 0.5) is 5.82 Å². The summed E-state index contributed by atoms with van der Waals surface area (Å²) in [5.74, 6) is 2.68. The summed E-state index contributed by atoms with van der Waals surface area (Å²) in [5, 5.41) is 14.8. The molecule has 1 saturated heterocycles. The van der Waals surface area contributed by atoms with Crippen LogP contribution in [0.3, 0.4) is 0 Å². The van der Waals surface area contributed by atoms with Crippen LogP contribution in [0.25, 0.3) is 21.4 Å². The molecule has 2 fully saturated rings. The smallest absolute Gasteiger partial charge is 0.177 e. The third kappa shape index (κ3) is 2.93. The molecule has 0 bridgehead atoms. The topological polar surface area (TPSA) is 123 Å². The van der Waals surface area contributed by atoms with Crippen LogP contribution in [0.15, 0.2) is 50.4 Å². The van der Waals surface area contributed by atoms with Crippen LogP contribution in [0, 0.1) is 18.8 Å². The first-order chi connectivity index (χ1) is 16.7. The first-order valence-electron chi connectivity index (χ1n) is 11.3. The minimum atomic E-state index is -0.0838. The molecule has 172 valence electrons. The molecule has 3 unspecified atom stereocenters. The lowest BCUT2D eigenvalue weighted by molar-refractivity contribution is 0.379. The second-order valence-electron chi connectivity index (χ2n) is 9.02. The van der Waals surface area contributed by atoms with Gasteiger partial charge in [-0.15, -0.1) is 11.3 Å². The van der Waals surface area contributed by atoms with Crippen molar-refractivity contribution in [1.29, 1.82) is 0 Å². The molecule has 2 aliphatic rings. The number of aromatic nitrogens is 6. The number of pyridine rings is 1. The second kappa shape index (κ2) is 7.49. The molecule has 1 aliphatic carbocycles. The van der Waals surface area contributed by atoms with Gasteiger partial charge in [0.25, 0.3) is 0 Å². The van der Waals surface area contributed by atoms with Gasteiger partial charge in [-0.1, -0.05) is 16.9 Å². The molecule has 11 heteroatoms. The third-order valence-corrected chi connectivity index (χ3v) is 9.44. The fraction of sp³-hybridized carbons (Fsp3) is 0.348. The van der Waals surface area contributed by atoms with Crippen molar-refractivity contribution in [2.24, 2.45) is 17.6 Å². The van der Waals surface area contributed by atoms with E-state index in [4.69, 9.17) is 20.2 Å². The number of piperidine rings is 1. The van der Waals surface area contributed by atoms with Crippen molar-refractivity contribution in [3.8, 4) is 0 Å². The number of hydrogen-bond donors (Lipinski definition) is 2. The van der Waals surface area contributed by atoms with E-state index in [1.54, 1.807) is 23.1 Å². The third-order valence-electron chi connectivity index (χ3n) is 7.33. The zero-order valence-corrected chi connectivity index (χ0v) is 20.1. The first kappa shape index (κ1) is 20.4. The lowest BCUT2D eigenvalue weighted by Gasteiger charge is -2.26. The largest absolute Gasteiger partial charge is 0.361 e. The van der Waals surface area contributed by atoms with E-state index in [0.717, 1.165) is 62.4 Å². The van der Waals surface area contributed by atoms with E-state index in [1.165, 1.54) is 0 Å². The molecule has 1 aliphatic heterocycles. The van der Waals surface area contributed by atoms with Gasteiger partial charge >= 0.3 is 0 Å². The van der Waals surface area contributed by atoms with Crippen LogP contribution in [0.1, 0.15) is 17.9 Å². The SMILES string of the molecule is Cc1cc(C2(CN)C3CCN(c4cnc5c(Sc6ccnc7ccsc67)n[nH]c5n4)CC32)no1. The minimum Gasteiger partial charge on any atom is -0.361 e. The molecular formula is C23H22N8OS2. The Kier molecular flexibility index (Phi) is 4.49.